The van der Waals surface area contributed by atoms with Crippen molar-refractivity contribution < 1.29 is 4.42 Å². The van der Waals surface area contributed by atoms with Gasteiger partial charge >= 0.3 is 0 Å². The Hall–Kier alpha value is -3.81. The maximum atomic E-state index is 6.62. The number of hydrogen-bond donors (Lipinski definition) is 0. The van der Waals surface area contributed by atoms with Gasteiger partial charge in [0.25, 0.3) is 0 Å². The lowest BCUT2D eigenvalue weighted by Gasteiger charge is -2.30. The Labute approximate surface area is 195 Å². The van der Waals surface area contributed by atoms with Crippen LogP contribution >= 0.6 is 11.6 Å². The van der Waals surface area contributed by atoms with Gasteiger partial charge < -0.3 is 4.42 Å². The summed E-state index contributed by atoms with van der Waals surface area (Å²) < 4.78 is 6.35. The van der Waals surface area contributed by atoms with E-state index in [1.807, 2.05) is 18.2 Å². The van der Waals surface area contributed by atoms with Crippen LogP contribution < -0.4 is 0 Å². The molecule has 5 aromatic carbocycles. The van der Waals surface area contributed by atoms with E-state index in [0.29, 0.717) is 0 Å². The highest BCUT2D eigenvalue weighted by atomic mass is 35.5. The molecule has 0 radical (unpaired) electrons. The van der Waals surface area contributed by atoms with Crippen LogP contribution in [0.2, 0.25) is 5.02 Å². The van der Waals surface area contributed by atoms with Gasteiger partial charge in [0.2, 0.25) is 0 Å². The molecule has 0 unspecified atom stereocenters. The molecule has 0 aliphatic heterocycles. The van der Waals surface area contributed by atoms with Crippen molar-refractivity contribution >= 4 is 33.5 Å². The van der Waals surface area contributed by atoms with Crippen LogP contribution in [0, 0.1) is 0 Å². The maximum Gasteiger partial charge on any atom is 0.136 e. The average Bonchev–Trinajstić information content (AvgIpc) is 3.47. The first kappa shape index (κ1) is 17.7. The predicted octanol–water partition coefficient (Wildman–Crippen LogP) is 8.58. The van der Waals surface area contributed by atoms with Crippen LogP contribution in [0.1, 0.15) is 22.3 Å². The van der Waals surface area contributed by atoms with Crippen molar-refractivity contribution in [3.63, 3.8) is 0 Å². The lowest BCUT2D eigenvalue weighted by molar-refractivity contribution is 0.666. The quantitative estimate of drug-likeness (QED) is 0.230. The first-order chi connectivity index (χ1) is 16.3. The summed E-state index contributed by atoms with van der Waals surface area (Å²) in [6.07, 6.45) is 0. The molecule has 33 heavy (non-hydrogen) atoms. The molecule has 2 aliphatic carbocycles. The zero-order valence-corrected chi connectivity index (χ0v) is 18.4. The van der Waals surface area contributed by atoms with E-state index in [2.05, 4.69) is 84.9 Å². The van der Waals surface area contributed by atoms with Gasteiger partial charge in [0.05, 0.1) is 10.4 Å². The second-order valence-corrected chi connectivity index (χ2v) is 9.40. The number of halogens is 1. The summed E-state index contributed by atoms with van der Waals surface area (Å²) in [6.45, 7) is 0. The topological polar surface area (TPSA) is 13.1 Å². The van der Waals surface area contributed by atoms with E-state index >= 15 is 0 Å². The molecule has 2 aliphatic rings. The third kappa shape index (κ3) is 1.97. The van der Waals surface area contributed by atoms with Crippen molar-refractivity contribution in [2.24, 2.45) is 0 Å². The van der Waals surface area contributed by atoms with Crippen LogP contribution in [-0.2, 0) is 5.41 Å². The van der Waals surface area contributed by atoms with Crippen LogP contribution in [0.3, 0.4) is 0 Å². The van der Waals surface area contributed by atoms with E-state index in [9.17, 15) is 0 Å². The van der Waals surface area contributed by atoms with Crippen LogP contribution in [-0.4, -0.2) is 0 Å². The highest BCUT2D eigenvalue weighted by Crippen LogP contribution is 2.63. The van der Waals surface area contributed by atoms with E-state index in [-0.39, 0.29) is 5.41 Å². The Morgan fingerprint density at radius 3 is 1.73 bits per heavy atom. The molecule has 0 bridgehead atoms. The van der Waals surface area contributed by atoms with Crippen molar-refractivity contribution in [3.8, 4) is 22.3 Å². The fourth-order valence-electron chi connectivity index (χ4n) is 6.37. The van der Waals surface area contributed by atoms with E-state index < -0.39 is 0 Å². The molecule has 2 heteroatoms. The molecule has 1 aromatic heterocycles. The number of benzene rings is 5. The Morgan fingerprint density at radius 1 is 0.515 bits per heavy atom. The molecule has 0 N–H and O–H groups in total. The Kier molecular flexibility index (Phi) is 3.19. The minimum Gasteiger partial charge on any atom is -0.456 e. The zero-order valence-electron chi connectivity index (χ0n) is 17.6. The lowest BCUT2D eigenvalue weighted by atomic mass is 9.70. The second-order valence-electron chi connectivity index (χ2n) is 9.00. The fraction of sp³-hybridized carbons (Fsp3) is 0.0323. The highest BCUT2D eigenvalue weighted by molar-refractivity contribution is 6.37. The first-order valence-corrected chi connectivity index (χ1v) is 11.6. The molecule has 0 amide bonds. The highest BCUT2D eigenvalue weighted by Gasteiger charge is 2.51. The molecule has 0 saturated carbocycles. The third-order valence-corrected chi connectivity index (χ3v) is 7.88. The largest absolute Gasteiger partial charge is 0.456 e. The van der Waals surface area contributed by atoms with Gasteiger partial charge in [-0.1, -0.05) is 90.5 Å². The van der Waals surface area contributed by atoms with Crippen LogP contribution in [0.25, 0.3) is 44.2 Å². The molecule has 6 aromatic rings. The van der Waals surface area contributed by atoms with Gasteiger partial charge in [-0.2, -0.15) is 0 Å². The molecule has 0 atom stereocenters. The standard InChI is InChI=1S/C31H17ClO/c32-27-14-7-15-28-30(27)22-16-21-20-10-3-6-13-25(20)31(26(21)17-29(22)33-28)23-11-4-1-8-18(23)19-9-2-5-12-24(19)31/h1-17H. The van der Waals surface area contributed by atoms with Crippen LogP contribution in [0.4, 0.5) is 0 Å². The normalized spacial score (nSPS) is 14.5. The lowest BCUT2D eigenvalue weighted by Crippen LogP contribution is -2.25. The summed E-state index contributed by atoms with van der Waals surface area (Å²) in [7, 11) is 0. The van der Waals surface area contributed by atoms with Gasteiger partial charge in [0.1, 0.15) is 11.2 Å². The fourth-order valence-corrected chi connectivity index (χ4v) is 6.64. The van der Waals surface area contributed by atoms with E-state index in [1.54, 1.807) is 0 Å². The summed E-state index contributed by atoms with van der Waals surface area (Å²) in [5.74, 6) is 0. The number of hydrogen-bond acceptors (Lipinski definition) is 1. The van der Waals surface area contributed by atoms with Crippen LogP contribution in [0.5, 0.6) is 0 Å². The summed E-state index contributed by atoms with van der Waals surface area (Å²) in [4.78, 5) is 0. The molecule has 1 nitrogen and oxygen atoms in total. The third-order valence-electron chi connectivity index (χ3n) is 7.56. The number of fused-ring (bicyclic) bond motifs is 13. The van der Waals surface area contributed by atoms with Crippen molar-refractivity contribution in [1.82, 2.24) is 0 Å². The van der Waals surface area contributed by atoms with E-state index in [0.717, 1.165) is 27.0 Å². The van der Waals surface area contributed by atoms with Crippen LogP contribution in [0.15, 0.2) is 108 Å². The monoisotopic (exact) mass is 440 g/mol. The Bertz CT molecular complexity index is 1740. The predicted molar refractivity (Wildman–Crippen MR) is 135 cm³/mol. The number of furan rings is 1. The van der Waals surface area contributed by atoms with Crippen molar-refractivity contribution in [2.45, 2.75) is 5.41 Å². The molecule has 8 rings (SSSR count). The van der Waals surface area contributed by atoms with Crippen molar-refractivity contribution in [2.75, 3.05) is 0 Å². The molecule has 0 fully saturated rings. The SMILES string of the molecule is Clc1cccc2oc3cc4c(cc3c12)-c1ccccc1C41c2ccccc2-c2ccccc21. The Balaban J connectivity index is 1.60. The van der Waals surface area contributed by atoms with E-state index in [1.165, 1.54) is 44.5 Å². The van der Waals surface area contributed by atoms with Gasteiger partial charge in [-0.15, -0.1) is 0 Å². The van der Waals surface area contributed by atoms with Gasteiger partial charge in [0.15, 0.2) is 0 Å². The van der Waals surface area contributed by atoms with Gasteiger partial charge in [-0.3, -0.25) is 0 Å². The zero-order chi connectivity index (χ0) is 21.7. The molecular weight excluding hydrogens is 424 g/mol. The minimum atomic E-state index is -0.351. The molecule has 1 spiro atoms. The molecule has 1 heterocycles. The molecular formula is C31H17ClO. The summed E-state index contributed by atoms with van der Waals surface area (Å²) >= 11 is 6.62. The number of rotatable bonds is 0. The van der Waals surface area contributed by atoms with Crippen molar-refractivity contribution in [1.29, 1.82) is 0 Å². The smallest absolute Gasteiger partial charge is 0.136 e. The maximum absolute atomic E-state index is 6.62. The summed E-state index contributed by atoms with van der Waals surface area (Å²) in [5.41, 5.74) is 11.8. The van der Waals surface area contributed by atoms with Gasteiger partial charge in [-0.25, -0.2) is 0 Å². The van der Waals surface area contributed by atoms with Gasteiger partial charge in [0, 0.05) is 10.8 Å². The molecule has 154 valence electrons. The first-order valence-electron chi connectivity index (χ1n) is 11.2. The average molecular weight is 441 g/mol. The van der Waals surface area contributed by atoms with Crippen molar-refractivity contribution in [3.05, 3.63) is 130 Å². The van der Waals surface area contributed by atoms with E-state index in [4.69, 9.17) is 16.0 Å². The second kappa shape index (κ2) is 5.95. The Morgan fingerprint density at radius 2 is 1.09 bits per heavy atom. The van der Waals surface area contributed by atoms with Gasteiger partial charge in [-0.05, 0) is 68.8 Å². The minimum absolute atomic E-state index is 0.351. The molecule has 0 saturated heterocycles. The summed E-state index contributed by atoms with van der Waals surface area (Å²) in [6, 6.07) is 37.0. The summed E-state index contributed by atoms with van der Waals surface area (Å²) in [5, 5.41) is 2.78.